The first-order chi connectivity index (χ1) is 7.19. The van der Waals surface area contributed by atoms with Crippen LogP contribution in [0.4, 0.5) is 0 Å². The molecule has 0 aromatic carbocycles. The minimum Gasteiger partial charge on any atom is -0.370 e. The number of carbonyl (C=O) groups is 1. The molecule has 1 aliphatic carbocycles. The van der Waals surface area contributed by atoms with Crippen LogP contribution in [0.25, 0.3) is 0 Å². The third-order valence-electron chi connectivity index (χ3n) is 3.27. The van der Waals surface area contributed by atoms with E-state index in [1.807, 2.05) is 0 Å². The van der Waals surface area contributed by atoms with Gasteiger partial charge in [0, 0.05) is 20.4 Å². The van der Waals surface area contributed by atoms with Gasteiger partial charge in [-0.2, -0.15) is 5.10 Å². The average molecular weight is 208 g/mol. The van der Waals surface area contributed by atoms with E-state index < -0.39 is 5.60 Å². The number of hydrogen-bond acceptors (Lipinski definition) is 3. The van der Waals surface area contributed by atoms with Crippen molar-refractivity contribution in [1.82, 2.24) is 9.78 Å². The Balaban J connectivity index is 2.30. The summed E-state index contributed by atoms with van der Waals surface area (Å²) in [4.78, 5) is 12.3. The normalized spacial score (nSPS) is 19.3. The number of Topliss-reactive ketones (excluding diaryl/α,β-unsaturated/α-hetero) is 1. The summed E-state index contributed by atoms with van der Waals surface area (Å²) >= 11 is 0. The van der Waals surface area contributed by atoms with Gasteiger partial charge < -0.3 is 4.74 Å². The number of ether oxygens (including phenoxy) is 1. The van der Waals surface area contributed by atoms with E-state index in [1.165, 1.54) is 0 Å². The first-order valence-corrected chi connectivity index (χ1v) is 5.27. The standard InChI is InChI=1S/C11H16N2O2/c1-13-9(5-8-12-13)10(14)11(15-2)6-3-4-7-11/h5,8H,3-4,6-7H2,1-2H3. The van der Waals surface area contributed by atoms with E-state index in [4.69, 9.17) is 4.74 Å². The zero-order valence-electron chi connectivity index (χ0n) is 9.19. The van der Waals surface area contributed by atoms with Crippen LogP contribution in [0, 0.1) is 0 Å². The maximum atomic E-state index is 12.3. The average Bonchev–Trinajstić information content (AvgIpc) is 2.86. The van der Waals surface area contributed by atoms with Gasteiger partial charge in [-0.25, -0.2) is 0 Å². The van der Waals surface area contributed by atoms with Crippen molar-refractivity contribution in [3.05, 3.63) is 18.0 Å². The third kappa shape index (κ3) is 1.59. The SMILES string of the molecule is COC1(C(=O)c2ccnn2C)CCCC1. The summed E-state index contributed by atoms with van der Waals surface area (Å²) in [5.41, 5.74) is 0.0482. The molecule has 1 saturated carbocycles. The van der Waals surface area contributed by atoms with E-state index >= 15 is 0 Å². The number of aryl methyl sites for hydroxylation is 1. The molecule has 4 heteroatoms. The molecule has 0 saturated heterocycles. The molecule has 1 heterocycles. The predicted molar refractivity (Wildman–Crippen MR) is 55.7 cm³/mol. The molecule has 4 nitrogen and oxygen atoms in total. The van der Waals surface area contributed by atoms with Crippen LogP contribution in [0.1, 0.15) is 36.2 Å². The van der Waals surface area contributed by atoms with E-state index in [1.54, 1.807) is 31.1 Å². The summed E-state index contributed by atoms with van der Waals surface area (Å²) in [6.45, 7) is 0. The van der Waals surface area contributed by atoms with Crippen LogP contribution in [-0.4, -0.2) is 28.3 Å². The van der Waals surface area contributed by atoms with Crippen LogP contribution >= 0.6 is 0 Å². The zero-order valence-corrected chi connectivity index (χ0v) is 9.19. The van der Waals surface area contributed by atoms with Gasteiger partial charge in [-0.3, -0.25) is 9.48 Å². The van der Waals surface area contributed by atoms with Gasteiger partial charge >= 0.3 is 0 Å². The summed E-state index contributed by atoms with van der Waals surface area (Å²) in [7, 11) is 3.41. The van der Waals surface area contributed by atoms with Crippen LogP contribution in [0.15, 0.2) is 12.3 Å². The maximum absolute atomic E-state index is 12.3. The fraction of sp³-hybridized carbons (Fsp3) is 0.636. The number of aromatic nitrogens is 2. The quantitative estimate of drug-likeness (QED) is 0.708. The molecule has 0 unspecified atom stereocenters. The lowest BCUT2D eigenvalue weighted by molar-refractivity contribution is 0.00524. The second-order valence-electron chi connectivity index (χ2n) is 4.07. The molecule has 1 aromatic heterocycles. The third-order valence-corrected chi connectivity index (χ3v) is 3.27. The lowest BCUT2D eigenvalue weighted by Crippen LogP contribution is -2.38. The van der Waals surface area contributed by atoms with Crippen molar-refractivity contribution in [3.8, 4) is 0 Å². The molecule has 0 spiro atoms. The first kappa shape index (κ1) is 10.4. The molecule has 0 bridgehead atoms. The Kier molecular flexibility index (Phi) is 2.61. The summed E-state index contributed by atoms with van der Waals surface area (Å²) in [6, 6.07) is 1.75. The van der Waals surface area contributed by atoms with Gasteiger partial charge in [-0.15, -0.1) is 0 Å². The molecule has 0 radical (unpaired) electrons. The van der Waals surface area contributed by atoms with Gasteiger partial charge in [0.15, 0.2) is 0 Å². The fourth-order valence-corrected chi connectivity index (χ4v) is 2.30. The van der Waals surface area contributed by atoms with E-state index in [0.717, 1.165) is 25.7 Å². The Hall–Kier alpha value is -1.16. The molecule has 0 amide bonds. The van der Waals surface area contributed by atoms with E-state index in [-0.39, 0.29) is 5.78 Å². The fourth-order valence-electron chi connectivity index (χ4n) is 2.30. The number of methoxy groups -OCH3 is 1. The van der Waals surface area contributed by atoms with Gasteiger partial charge in [0.05, 0.1) is 0 Å². The topological polar surface area (TPSA) is 44.1 Å². The van der Waals surface area contributed by atoms with Crippen LogP contribution in [-0.2, 0) is 11.8 Å². The second kappa shape index (κ2) is 3.77. The van der Waals surface area contributed by atoms with E-state index in [9.17, 15) is 4.79 Å². The monoisotopic (exact) mass is 208 g/mol. The largest absolute Gasteiger partial charge is 0.370 e. The van der Waals surface area contributed by atoms with Crippen LogP contribution in [0.3, 0.4) is 0 Å². The molecule has 2 rings (SSSR count). The minimum absolute atomic E-state index is 0.0718. The molecule has 0 atom stereocenters. The number of ketones is 1. The van der Waals surface area contributed by atoms with Crippen molar-refractivity contribution >= 4 is 5.78 Å². The lowest BCUT2D eigenvalue weighted by atomic mass is 9.94. The molecule has 1 aliphatic rings. The Labute approximate surface area is 89.2 Å². The number of rotatable bonds is 3. The molecule has 0 aliphatic heterocycles. The van der Waals surface area contributed by atoms with Crippen molar-refractivity contribution in [1.29, 1.82) is 0 Å². The summed E-state index contributed by atoms with van der Waals surface area (Å²) in [5.74, 6) is 0.0718. The molecule has 1 fully saturated rings. The van der Waals surface area contributed by atoms with Gasteiger partial charge in [0.1, 0.15) is 11.3 Å². The van der Waals surface area contributed by atoms with Crippen molar-refractivity contribution in [2.45, 2.75) is 31.3 Å². The Morgan fingerprint density at radius 2 is 2.20 bits per heavy atom. The van der Waals surface area contributed by atoms with Crippen molar-refractivity contribution < 1.29 is 9.53 Å². The zero-order chi connectivity index (χ0) is 10.9. The van der Waals surface area contributed by atoms with E-state index in [2.05, 4.69) is 5.10 Å². The highest BCUT2D eigenvalue weighted by Crippen LogP contribution is 2.35. The highest BCUT2D eigenvalue weighted by atomic mass is 16.5. The molecular weight excluding hydrogens is 192 g/mol. The number of hydrogen-bond donors (Lipinski definition) is 0. The van der Waals surface area contributed by atoms with Crippen molar-refractivity contribution in [2.24, 2.45) is 7.05 Å². The highest BCUT2D eigenvalue weighted by Gasteiger charge is 2.42. The molecular formula is C11H16N2O2. The van der Waals surface area contributed by atoms with Gasteiger partial charge in [-0.1, -0.05) is 0 Å². The number of nitrogens with zero attached hydrogens (tertiary/aromatic N) is 2. The summed E-state index contributed by atoms with van der Waals surface area (Å²) < 4.78 is 7.06. The second-order valence-corrected chi connectivity index (χ2v) is 4.07. The summed E-state index contributed by atoms with van der Waals surface area (Å²) in [5, 5.41) is 4.01. The maximum Gasteiger partial charge on any atom is 0.212 e. The van der Waals surface area contributed by atoms with E-state index in [0.29, 0.717) is 5.69 Å². The lowest BCUT2D eigenvalue weighted by Gasteiger charge is -2.25. The van der Waals surface area contributed by atoms with Crippen LogP contribution < -0.4 is 0 Å². The Morgan fingerprint density at radius 1 is 1.53 bits per heavy atom. The highest BCUT2D eigenvalue weighted by molar-refractivity contribution is 6.01. The molecule has 1 aromatic rings. The summed E-state index contributed by atoms with van der Waals surface area (Å²) in [6.07, 6.45) is 5.43. The van der Waals surface area contributed by atoms with Gasteiger partial charge in [-0.05, 0) is 31.7 Å². The van der Waals surface area contributed by atoms with Gasteiger partial charge in [0.2, 0.25) is 5.78 Å². The Bertz CT molecular complexity index is 364. The van der Waals surface area contributed by atoms with Crippen LogP contribution in [0.5, 0.6) is 0 Å². The minimum atomic E-state index is -0.589. The molecule has 15 heavy (non-hydrogen) atoms. The smallest absolute Gasteiger partial charge is 0.212 e. The van der Waals surface area contributed by atoms with Crippen molar-refractivity contribution in [3.63, 3.8) is 0 Å². The molecule has 82 valence electrons. The van der Waals surface area contributed by atoms with Crippen molar-refractivity contribution in [2.75, 3.05) is 7.11 Å². The first-order valence-electron chi connectivity index (χ1n) is 5.27. The Morgan fingerprint density at radius 3 is 2.67 bits per heavy atom. The molecule has 0 N–H and O–H groups in total. The predicted octanol–water partition coefficient (Wildman–Crippen LogP) is 1.56. The van der Waals surface area contributed by atoms with Gasteiger partial charge in [0.25, 0.3) is 0 Å². The van der Waals surface area contributed by atoms with Crippen LogP contribution in [0.2, 0.25) is 0 Å². The number of carbonyl (C=O) groups excluding carboxylic acids is 1.